The maximum absolute atomic E-state index is 4.53. The molecule has 0 aromatic carbocycles. The average Bonchev–Trinajstić information content (AvgIpc) is 2.69. The molecule has 0 spiro atoms. The van der Waals surface area contributed by atoms with Crippen LogP contribution in [0, 0.1) is 20.8 Å². The molecule has 0 aliphatic rings. The molecule has 17 heavy (non-hydrogen) atoms. The third kappa shape index (κ3) is 1.98. The number of nitrogens with zero attached hydrogens (tertiary/aromatic N) is 4. The third-order valence-electron chi connectivity index (χ3n) is 2.88. The predicted octanol–water partition coefficient (Wildman–Crippen LogP) is 1.25. The van der Waals surface area contributed by atoms with Gasteiger partial charge < -0.3 is 5.32 Å². The molecule has 2 aromatic rings. The molecular weight excluding hydrogens is 214 g/mol. The molecule has 2 heterocycles. The number of hydrogen-bond acceptors (Lipinski definition) is 3. The Balaban J connectivity index is 2.61. The van der Waals surface area contributed by atoms with Crippen molar-refractivity contribution in [3.8, 4) is 5.82 Å². The van der Waals surface area contributed by atoms with E-state index >= 15 is 0 Å². The minimum Gasteiger partial charge on any atom is -0.315 e. The summed E-state index contributed by atoms with van der Waals surface area (Å²) in [6.07, 6.45) is 0. The van der Waals surface area contributed by atoms with Crippen LogP contribution in [-0.4, -0.2) is 26.6 Å². The number of hydrogen-bond donors (Lipinski definition) is 1. The smallest absolute Gasteiger partial charge is 0.156 e. The standard InChI is InChI=1S/C12H19N5/c1-8-6-9(2)17(14-8)12-11(7-13-4)10(3)15-16(12)5/h6,13H,7H2,1-5H3. The monoisotopic (exact) mass is 233 g/mol. The van der Waals surface area contributed by atoms with Gasteiger partial charge in [-0.05, 0) is 33.9 Å². The fraction of sp³-hybridized carbons (Fsp3) is 0.500. The molecule has 0 fully saturated rings. The summed E-state index contributed by atoms with van der Waals surface area (Å²) in [5, 5.41) is 12.2. The Labute approximate surface area is 101 Å². The van der Waals surface area contributed by atoms with Crippen molar-refractivity contribution in [1.29, 1.82) is 0 Å². The van der Waals surface area contributed by atoms with Crippen molar-refractivity contribution in [3.63, 3.8) is 0 Å². The third-order valence-corrected chi connectivity index (χ3v) is 2.88. The van der Waals surface area contributed by atoms with E-state index in [2.05, 4.69) is 28.5 Å². The van der Waals surface area contributed by atoms with Crippen LogP contribution < -0.4 is 5.32 Å². The highest BCUT2D eigenvalue weighted by atomic mass is 15.4. The molecule has 0 amide bonds. The van der Waals surface area contributed by atoms with E-state index < -0.39 is 0 Å². The minimum absolute atomic E-state index is 0.799. The second-order valence-electron chi connectivity index (χ2n) is 4.38. The van der Waals surface area contributed by atoms with E-state index in [0.717, 1.165) is 29.4 Å². The van der Waals surface area contributed by atoms with Crippen molar-refractivity contribution < 1.29 is 0 Å². The largest absolute Gasteiger partial charge is 0.315 e. The van der Waals surface area contributed by atoms with Crippen molar-refractivity contribution in [1.82, 2.24) is 24.9 Å². The van der Waals surface area contributed by atoms with E-state index in [-0.39, 0.29) is 0 Å². The van der Waals surface area contributed by atoms with Crippen LogP contribution in [0.15, 0.2) is 6.07 Å². The van der Waals surface area contributed by atoms with Gasteiger partial charge in [-0.15, -0.1) is 0 Å². The van der Waals surface area contributed by atoms with Crippen molar-refractivity contribution in [2.45, 2.75) is 27.3 Å². The van der Waals surface area contributed by atoms with Gasteiger partial charge in [0.15, 0.2) is 5.82 Å². The van der Waals surface area contributed by atoms with Crippen LogP contribution in [0.5, 0.6) is 0 Å². The zero-order valence-electron chi connectivity index (χ0n) is 11.1. The Hall–Kier alpha value is -1.62. The number of aryl methyl sites for hydroxylation is 4. The summed E-state index contributed by atoms with van der Waals surface area (Å²) in [5.41, 5.74) is 4.39. The highest BCUT2D eigenvalue weighted by molar-refractivity contribution is 5.39. The molecule has 5 nitrogen and oxygen atoms in total. The first-order chi connectivity index (χ1) is 8.04. The van der Waals surface area contributed by atoms with Gasteiger partial charge in [0, 0.05) is 24.8 Å². The molecule has 0 bridgehead atoms. The molecule has 0 atom stereocenters. The second kappa shape index (κ2) is 4.33. The minimum atomic E-state index is 0.799. The highest BCUT2D eigenvalue weighted by Crippen LogP contribution is 2.19. The summed E-state index contributed by atoms with van der Waals surface area (Å²) in [5.74, 6) is 1.04. The van der Waals surface area contributed by atoms with E-state index in [0.29, 0.717) is 0 Å². The first-order valence-corrected chi connectivity index (χ1v) is 5.75. The maximum Gasteiger partial charge on any atom is 0.156 e. The van der Waals surface area contributed by atoms with E-state index in [1.165, 1.54) is 5.56 Å². The van der Waals surface area contributed by atoms with Gasteiger partial charge >= 0.3 is 0 Å². The Kier molecular flexibility index (Phi) is 3.02. The SMILES string of the molecule is CNCc1c(C)nn(C)c1-n1nc(C)cc1C. The molecule has 2 rings (SSSR count). The van der Waals surface area contributed by atoms with Gasteiger partial charge in [0.1, 0.15) is 0 Å². The lowest BCUT2D eigenvalue weighted by atomic mass is 10.2. The molecule has 5 heteroatoms. The Morgan fingerprint density at radius 1 is 1.24 bits per heavy atom. The Morgan fingerprint density at radius 2 is 1.94 bits per heavy atom. The molecule has 92 valence electrons. The first kappa shape index (κ1) is 11.9. The second-order valence-corrected chi connectivity index (χ2v) is 4.38. The van der Waals surface area contributed by atoms with Gasteiger partial charge in [0.2, 0.25) is 0 Å². The molecule has 0 aliphatic carbocycles. The highest BCUT2D eigenvalue weighted by Gasteiger charge is 2.16. The molecule has 0 aliphatic heterocycles. The van der Waals surface area contributed by atoms with Crippen LogP contribution in [0.2, 0.25) is 0 Å². The van der Waals surface area contributed by atoms with Crippen molar-refractivity contribution in [2.24, 2.45) is 7.05 Å². The van der Waals surface area contributed by atoms with Gasteiger partial charge in [0.05, 0.1) is 11.4 Å². The first-order valence-electron chi connectivity index (χ1n) is 5.75. The van der Waals surface area contributed by atoms with Crippen LogP contribution in [0.25, 0.3) is 5.82 Å². The molecule has 0 radical (unpaired) electrons. The Bertz CT molecular complexity index is 535. The van der Waals surface area contributed by atoms with Crippen LogP contribution in [-0.2, 0) is 13.6 Å². The fourth-order valence-electron chi connectivity index (χ4n) is 2.18. The summed E-state index contributed by atoms with van der Waals surface area (Å²) in [6.45, 7) is 6.89. The van der Waals surface area contributed by atoms with Crippen LogP contribution >= 0.6 is 0 Å². The number of nitrogens with one attached hydrogen (secondary N) is 1. The zero-order valence-corrected chi connectivity index (χ0v) is 11.1. The normalized spacial score (nSPS) is 11.1. The number of rotatable bonds is 3. The van der Waals surface area contributed by atoms with Crippen LogP contribution in [0.4, 0.5) is 0 Å². The summed E-state index contributed by atoms with van der Waals surface area (Å²) in [4.78, 5) is 0. The van der Waals surface area contributed by atoms with Gasteiger partial charge in [-0.3, -0.25) is 4.68 Å². The van der Waals surface area contributed by atoms with Gasteiger partial charge in [-0.2, -0.15) is 10.2 Å². The van der Waals surface area contributed by atoms with E-state index in [1.807, 2.05) is 37.3 Å². The lowest BCUT2D eigenvalue weighted by Crippen LogP contribution is -2.12. The summed E-state index contributed by atoms with van der Waals surface area (Å²) in [7, 11) is 3.90. The molecular formula is C12H19N5. The molecule has 0 saturated carbocycles. The Morgan fingerprint density at radius 3 is 2.47 bits per heavy atom. The van der Waals surface area contributed by atoms with Crippen LogP contribution in [0.3, 0.4) is 0 Å². The molecule has 0 unspecified atom stereocenters. The van der Waals surface area contributed by atoms with Gasteiger partial charge in [-0.1, -0.05) is 0 Å². The molecule has 1 N–H and O–H groups in total. The topological polar surface area (TPSA) is 47.7 Å². The summed E-state index contributed by atoms with van der Waals surface area (Å²) in [6, 6.07) is 2.07. The van der Waals surface area contributed by atoms with Crippen molar-refractivity contribution in [2.75, 3.05) is 7.05 Å². The van der Waals surface area contributed by atoms with E-state index in [1.54, 1.807) is 0 Å². The quantitative estimate of drug-likeness (QED) is 0.868. The lowest BCUT2D eigenvalue weighted by molar-refractivity contribution is 0.676. The number of aromatic nitrogens is 4. The molecule has 0 saturated heterocycles. The summed E-state index contributed by atoms with van der Waals surface area (Å²) < 4.78 is 3.85. The van der Waals surface area contributed by atoms with Crippen molar-refractivity contribution >= 4 is 0 Å². The van der Waals surface area contributed by atoms with Gasteiger partial charge in [-0.25, -0.2) is 4.68 Å². The van der Waals surface area contributed by atoms with Gasteiger partial charge in [0.25, 0.3) is 0 Å². The lowest BCUT2D eigenvalue weighted by Gasteiger charge is -2.08. The predicted molar refractivity (Wildman–Crippen MR) is 67.3 cm³/mol. The van der Waals surface area contributed by atoms with E-state index in [4.69, 9.17) is 0 Å². The maximum atomic E-state index is 4.53. The van der Waals surface area contributed by atoms with E-state index in [9.17, 15) is 0 Å². The average molecular weight is 233 g/mol. The fourth-order valence-corrected chi connectivity index (χ4v) is 2.18. The zero-order chi connectivity index (χ0) is 12.6. The molecule has 2 aromatic heterocycles. The van der Waals surface area contributed by atoms with Crippen LogP contribution in [0.1, 0.15) is 22.6 Å². The summed E-state index contributed by atoms with van der Waals surface area (Å²) >= 11 is 0. The van der Waals surface area contributed by atoms with Crippen molar-refractivity contribution in [3.05, 3.63) is 28.7 Å².